The van der Waals surface area contributed by atoms with Gasteiger partial charge in [-0.05, 0) is 55.8 Å². The Labute approximate surface area is 126 Å². The molecule has 1 aromatic carbocycles. The fourth-order valence-corrected chi connectivity index (χ4v) is 4.04. The minimum Gasteiger partial charge on any atom is -0.398 e. The maximum absolute atomic E-state index is 11.2. The molecule has 1 saturated heterocycles. The molecule has 1 saturated carbocycles. The first-order chi connectivity index (χ1) is 10.1. The number of anilines is 1. The van der Waals surface area contributed by atoms with E-state index in [4.69, 9.17) is 11.5 Å². The molecule has 0 radical (unpaired) electrons. The zero-order chi connectivity index (χ0) is 14.8. The molecule has 4 heteroatoms. The predicted molar refractivity (Wildman–Crippen MR) is 84.8 cm³/mol. The second-order valence-electron chi connectivity index (χ2n) is 6.50. The predicted octanol–water partition coefficient (Wildman–Crippen LogP) is 2.52. The lowest BCUT2D eigenvalue weighted by Crippen LogP contribution is -2.46. The molecule has 1 heterocycles. The van der Waals surface area contributed by atoms with Crippen molar-refractivity contribution in [2.24, 2.45) is 11.7 Å². The molecule has 0 unspecified atom stereocenters. The highest BCUT2D eigenvalue weighted by atomic mass is 16.1. The third-order valence-corrected chi connectivity index (χ3v) is 5.16. The van der Waals surface area contributed by atoms with Gasteiger partial charge in [0, 0.05) is 23.8 Å². The Morgan fingerprint density at radius 3 is 2.71 bits per heavy atom. The number of primary amides is 1. The van der Waals surface area contributed by atoms with Gasteiger partial charge in [0.1, 0.15) is 0 Å². The Kier molecular flexibility index (Phi) is 4.15. The summed E-state index contributed by atoms with van der Waals surface area (Å²) in [5, 5.41) is 0. The topological polar surface area (TPSA) is 72.4 Å². The van der Waals surface area contributed by atoms with E-state index in [2.05, 4.69) is 4.90 Å². The van der Waals surface area contributed by atoms with Crippen molar-refractivity contribution in [3.8, 4) is 0 Å². The Bertz CT molecular complexity index is 527. The number of piperidine rings is 1. The van der Waals surface area contributed by atoms with Crippen LogP contribution in [0.25, 0.3) is 0 Å². The highest BCUT2D eigenvalue weighted by Crippen LogP contribution is 2.36. The Morgan fingerprint density at radius 2 is 1.95 bits per heavy atom. The maximum Gasteiger partial charge on any atom is 0.248 e. The van der Waals surface area contributed by atoms with Crippen LogP contribution in [0.1, 0.15) is 54.4 Å². The number of likely N-dealkylation sites (tertiary alicyclic amines) is 1. The van der Waals surface area contributed by atoms with E-state index in [1.807, 2.05) is 6.07 Å². The lowest BCUT2D eigenvalue weighted by molar-refractivity contribution is 0.0548. The number of benzene rings is 1. The van der Waals surface area contributed by atoms with Crippen LogP contribution in [0.15, 0.2) is 18.2 Å². The van der Waals surface area contributed by atoms with E-state index in [1.165, 1.54) is 38.5 Å². The number of nitrogen functional groups attached to an aromatic ring is 1. The van der Waals surface area contributed by atoms with Gasteiger partial charge in [0.25, 0.3) is 0 Å². The zero-order valence-electron chi connectivity index (χ0n) is 12.6. The molecule has 3 rings (SSSR count). The van der Waals surface area contributed by atoms with E-state index in [0.717, 1.165) is 30.6 Å². The molecule has 0 aromatic heterocycles. The number of rotatable bonds is 3. The Balaban J connectivity index is 1.74. The number of carbonyl (C=O) groups excluding carboxylic acids is 1. The van der Waals surface area contributed by atoms with Crippen LogP contribution < -0.4 is 11.5 Å². The number of carbonyl (C=O) groups is 1. The molecule has 2 aliphatic rings. The highest BCUT2D eigenvalue weighted by Gasteiger charge is 2.33. The zero-order valence-corrected chi connectivity index (χ0v) is 12.6. The molecular weight excluding hydrogens is 262 g/mol. The van der Waals surface area contributed by atoms with Crippen molar-refractivity contribution >= 4 is 11.6 Å². The van der Waals surface area contributed by atoms with Crippen molar-refractivity contribution in [2.75, 3.05) is 12.3 Å². The summed E-state index contributed by atoms with van der Waals surface area (Å²) in [6.07, 6.45) is 8.14. The molecular formula is C17H25N3O. The van der Waals surface area contributed by atoms with Crippen molar-refractivity contribution in [1.29, 1.82) is 0 Å². The van der Waals surface area contributed by atoms with Crippen molar-refractivity contribution in [3.05, 3.63) is 29.3 Å². The minimum absolute atomic E-state index is 0.418. The standard InChI is InChI=1S/C17H25N3O/c18-15-10-13(17(19)21)7-8-14(15)11-20-9-3-5-12-4-1-2-6-16(12)20/h7-8,10,12,16H,1-6,9,11,18H2,(H2,19,21)/t12-,16-/m1/s1. The van der Waals surface area contributed by atoms with E-state index < -0.39 is 5.91 Å². The molecule has 1 aliphatic carbocycles. The average Bonchev–Trinajstić information content (AvgIpc) is 2.49. The lowest BCUT2D eigenvalue weighted by Gasteiger charge is -2.44. The first-order valence-electron chi connectivity index (χ1n) is 8.07. The molecule has 2 atom stereocenters. The van der Waals surface area contributed by atoms with E-state index >= 15 is 0 Å². The van der Waals surface area contributed by atoms with Crippen LogP contribution in [0.4, 0.5) is 5.69 Å². The van der Waals surface area contributed by atoms with Gasteiger partial charge in [-0.3, -0.25) is 9.69 Å². The lowest BCUT2D eigenvalue weighted by atomic mass is 9.78. The summed E-state index contributed by atoms with van der Waals surface area (Å²) in [6, 6.07) is 6.18. The molecule has 1 amide bonds. The molecule has 21 heavy (non-hydrogen) atoms. The summed E-state index contributed by atoms with van der Waals surface area (Å²) in [6.45, 7) is 2.06. The van der Waals surface area contributed by atoms with Crippen LogP contribution in [0.3, 0.4) is 0 Å². The number of nitrogens with zero attached hydrogens (tertiary/aromatic N) is 1. The summed E-state index contributed by atoms with van der Waals surface area (Å²) in [7, 11) is 0. The van der Waals surface area contributed by atoms with Gasteiger partial charge in [0.15, 0.2) is 0 Å². The summed E-state index contributed by atoms with van der Waals surface area (Å²) >= 11 is 0. The quantitative estimate of drug-likeness (QED) is 0.839. The monoisotopic (exact) mass is 287 g/mol. The largest absolute Gasteiger partial charge is 0.398 e. The average molecular weight is 287 g/mol. The van der Waals surface area contributed by atoms with E-state index in [1.54, 1.807) is 12.1 Å². The van der Waals surface area contributed by atoms with Gasteiger partial charge in [-0.25, -0.2) is 0 Å². The van der Waals surface area contributed by atoms with Crippen LogP contribution >= 0.6 is 0 Å². The van der Waals surface area contributed by atoms with E-state index in [0.29, 0.717) is 11.3 Å². The third kappa shape index (κ3) is 3.05. The van der Waals surface area contributed by atoms with Crippen molar-refractivity contribution in [1.82, 2.24) is 4.90 Å². The van der Waals surface area contributed by atoms with Gasteiger partial charge in [-0.15, -0.1) is 0 Å². The van der Waals surface area contributed by atoms with Gasteiger partial charge in [-0.2, -0.15) is 0 Å². The summed E-state index contributed by atoms with van der Waals surface area (Å²) in [5.41, 5.74) is 13.7. The second-order valence-corrected chi connectivity index (χ2v) is 6.50. The van der Waals surface area contributed by atoms with Crippen LogP contribution in [-0.4, -0.2) is 23.4 Å². The first-order valence-corrected chi connectivity index (χ1v) is 8.07. The van der Waals surface area contributed by atoms with Gasteiger partial charge in [0.05, 0.1) is 0 Å². The van der Waals surface area contributed by atoms with Crippen LogP contribution in [0, 0.1) is 5.92 Å². The molecule has 0 bridgehead atoms. The maximum atomic E-state index is 11.2. The molecule has 4 N–H and O–H groups in total. The summed E-state index contributed by atoms with van der Waals surface area (Å²) in [4.78, 5) is 13.8. The fraction of sp³-hybridized carbons (Fsp3) is 0.588. The fourth-order valence-electron chi connectivity index (χ4n) is 4.04. The van der Waals surface area contributed by atoms with E-state index in [9.17, 15) is 4.79 Å². The van der Waals surface area contributed by atoms with Gasteiger partial charge < -0.3 is 11.5 Å². The summed E-state index contributed by atoms with van der Waals surface area (Å²) < 4.78 is 0. The normalized spacial score (nSPS) is 26.3. The number of amides is 1. The third-order valence-electron chi connectivity index (χ3n) is 5.16. The smallest absolute Gasteiger partial charge is 0.248 e. The number of fused-ring (bicyclic) bond motifs is 1. The van der Waals surface area contributed by atoms with E-state index in [-0.39, 0.29) is 0 Å². The Hall–Kier alpha value is -1.55. The van der Waals surface area contributed by atoms with Gasteiger partial charge >= 0.3 is 0 Å². The molecule has 0 spiro atoms. The van der Waals surface area contributed by atoms with Crippen LogP contribution in [0.5, 0.6) is 0 Å². The van der Waals surface area contributed by atoms with Crippen LogP contribution in [-0.2, 0) is 6.54 Å². The molecule has 4 nitrogen and oxygen atoms in total. The highest BCUT2D eigenvalue weighted by molar-refractivity contribution is 5.93. The van der Waals surface area contributed by atoms with Gasteiger partial charge in [-0.1, -0.05) is 18.9 Å². The van der Waals surface area contributed by atoms with Crippen LogP contribution in [0.2, 0.25) is 0 Å². The molecule has 2 fully saturated rings. The second kappa shape index (κ2) is 6.06. The first kappa shape index (κ1) is 14.4. The van der Waals surface area contributed by atoms with Gasteiger partial charge in [0.2, 0.25) is 5.91 Å². The van der Waals surface area contributed by atoms with Crippen molar-refractivity contribution in [2.45, 2.75) is 51.1 Å². The summed E-state index contributed by atoms with van der Waals surface area (Å²) in [5.74, 6) is 0.456. The number of nitrogens with two attached hydrogens (primary N) is 2. The van der Waals surface area contributed by atoms with Crippen molar-refractivity contribution < 1.29 is 4.79 Å². The molecule has 114 valence electrons. The Morgan fingerprint density at radius 1 is 1.19 bits per heavy atom. The molecule has 1 aromatic rings. The number of hydrogen-bond donors (Lipinski definition) is 2. The van der Waals surface area contributed by atoms with Crippen molar-refractivity contribution in [3.63, 3.8) is 0 Å². The number of hydrogen-bond acceptors (Lipinski definition) is 3. The minimum atomic E-state index is -0.418. The molecule has 1 aliphatic heterocycles. The SMILES string of the molecule is NC(=O)c1ccc(CN2CCC[C@H]3CCCC[C@H]32)c(N)c1.